The van der Waals surface area contributed by atoms with E-state index in [0.29, 0.717) is 18.6 Å². The van der Waals surface area contributed by atoms with Crippen LogP contribution in [0.5, 0.6) is 5.75 Å². The van der Waals surface area contributed by atoms with E-state index in [1.54, 1.807) is 19.1 Å². The van der Waals surface area contributed by atoms with Crippen molar-refractivity contribution < 1.29 is 29.3 Å². The van der Waals surface area contributed by atoms with E-state index >= 15 is 0 Å². The Kier molecular flexibility index (Phi) is 9.35. The standard InChI is InChI=1S/C24H32O6/c1-24(28,17-30-18-10-6-5-7-11-18)15-14-20-19(21(25)16-22(20)26)12-8-3-4-9-13-23(27)29-2/h5-7,10-11,19-20,22,26,28H,3-4,8-9,12-13,16-17H2,1-2H3/t19-,20-,22+,24?/m1/s1. The summed E-state index contributed by atoms with van der Waals surface area (Å²) in [6.07, 6.45) is 3.74. The monoisotopic (exact) mass is 416 g/mol. The highest BCUT2D eigenvalue weighted by Crippen LogP contribution is 2.33. The number of methoxy groups -OCH3 is 1. The molecule has 0 radical (unpaired) electrons. The van der Waals surface area contributed by atoms with Crippen LogP contribution in [-0.4, -0.2) is 47.4 Å². The molecule has 2 N–H and O–H groups in total. The summed E-state index contributed by atoms with van der Waals surface area (Å²) in [5.41, 5.74) is -1.39. The van der Waals surface area contributed by atoms with Gasteiger partial charge in [-0.3, -0.25) is 9.59 Å². The minimum Gasteiger partial charge on any atom is -0.490 e. The number of carbonyl (C=O) groups excluding carboxylic acids is 2. The normalized spacial score (nSPS) is 22.7. The second kappa shape index (κ2) is 11.7. The highest BCUT2D eigenvalue weighted by molar-refractivity contribution is 5.85. The Labute approximate surface area is 178 Å². The predicted molar refractivity (Wildman–Crippen MR) is 113 cm³/mol. The Morgan fingerprint density at radius 3 is 2.60 bits per heavy atom. The van der Waals surface area contributed by atoms with Crippen LogP contribution in [0.3, 0.4) is 0 Å². The maximum absolute atomic E-state index is 12.3. The smallest absolute Gasteiger partial charge is 0.305 e. The van der Waals surface area contributed by atoms with E-state index in [0.717, 1.165) is 25.7 Å². The molecular weight excluding hydrogens is 384 g/mol. The van der Waals surface area contributed by atoms with Crippen LogP contribution in [0.15, 0.2) is 30.3 Å². The molecule has 0 amide bonds. The minimum absolute atomic E-state index is 0.00830. The van der Waals surface area contributed by atoms with Crippen LogP contribution in [0, 0.1) is 23.7 Å². The van der Waals surface area contributed by atoms with E-state index in [1.165, 1.54) is 7.11 Å². The summed E-state index contributed by atoms with van der Waals surface area (Å²) in [5.74, 6) is 5.41. The molecule has 2 rings (SSSR count). The number of ether oxygens (including phenoxy) is 2. The van der Waals surface area contributed by atoms with Crippen molar-refractivity contribution in [3.8, 4) is 17.6 Å². The summed E-state index contributed by atoms with van der Waals surface area (Å²) in [4.78, 5) is 23.4. The Morgan fingerprint density at radius 1 is 1.20 bits per heavy atom. The zero-order valence-corrected chi connectivity index (χ0v) is 17.8. The zero-order valence-electron chi connectivity index (χ0n) is 17.8. The Balaban J connectivity index is 1.85. The van der Waals surface area contributed by atoms with Gasteiger partial charge >= 0.3 is 5.97 Å². The molecular formula is C24H32O6. The summed E-state index contributed by atoms with van der Waals surface area (Å²) in [7, 11) is 1.38. The number of unbranched alkanes of at least 4 members (excludes halogenated alkanes) is 3. The molecule has 6 nitrogen and oxygen atoms in total. The van der Waals surface area contributed by atoms with Gasteiger partial charge in [0.1, 0.15) is 18.1 Å². The lowest BCUT2D eigenvalue weighted by Gasteiger charge is -2.19. The lowest BCUT2D eigenvalue weighted by Crippen LogP contribution is -2.31. The molecule has 0 aromatic heterocycles. The fourth-order valence-corrected chi connectivity index (χ4v) is 3.59. The van der Waals surface area contributed by atoms with Crippen molar-refractivity contribution >= 4 is 11.8 Å². The van der Waals surface area contributed by atoms with Gasteiger partial charge in [0.05, 0.1) is 19.1 Å². The van der Waals surface area contributed by atoms with Crippen molar-refractivity contribution in [2.75, 3.05) is 13.7 Å². The number of ketones is 1. The van der Waals surface area contributed by atoms with Crippen molar-refractivity contribution in [1.29, 1.82) is 0 Å². The highest BCUT2D eigenvalue weighted by Gasteiger charge is 2.40. The van der Waals surface area contributed by atoms with Gasteiger partial charge in [-0.05, 0) is 31.9 Å². The molecule has 1 unspecified atom stereocenters. The third kappa shape index (κ3) is 7.81. The van der Waals surface area contributed by atoms with Gasteiger partial charge in [0.15, 0.2) is 5.60 Å². The number of carbonyl (C=O) groups is 2. The number of para-hydroxylation sites is 1. The van der Waals surface area contributed by atoms with Gasteiger partial charge in [-0.15, -0.1) is 0 Å². The number of benzene rings is 1. The fourth-order valence-electron chi connectivity index (χ4n) is 3.59. The summed E-state index contributed by atoms with van der Waals surface area (Å²) in [6.45, 7) is 1.55. The largest absolute Gasteiger partial charge is 0.490 e. The highest BCUT2D eigenvalue weighted by atomic mass is 16.5. The first-order valence-electron chi connectivity index (χ1n) is 10.5. The number of aliphatic hydroxyl groups excluding tert-OH is 1. The first-order chi connectivity index (χ1) is 14.3. The van der Waals surface area contributed by atoms with E-state index in [2.05, 4.69) is 16.6 Å². The van der Waals surface area contributed by atoms with E-state index in [9.17, 15) is 19.8 Å². The summed E-state index contributed by atoms with van der Waals surface area (Å²) >= 11 is 0. The topological polar surface area (TPSA) is 93.1 Å². The Bertz CT molecular complexity index is 746. The third-order valence-electron chi connectivity index (χ3n) is 5.32. The van der Waals surface area contributed by atoms with Crippen LogP contribution in [-0.2, 0) is 14.3 Å². The second-order valence-electron chi connectivity index (χ2n) is 8.04. The molecule has 1 saturated carbocycles. The molecule has 0 spiro atoms. The third-order valence-corrected chi connectivity index (χ3v) is 5.32. The molecule has 1 aliphatic carbocycles. The van der Waals surface area contributed by atoms with Gasteiger partial charge in [0.25, 0.3) is 0 Å². The average Bonchev–Trinajstić information content (AvgIpc) is 3.00. The predicted octanol–water partition coefficient (Wildman–Crippen LogP) is 2.90. The Hall–Kier alpha value is -2.36. The summed E-state index contributed by atoms with van der Waals surface area (Å²) in [5, 5.41) is 20.8. The van der Waals surface area contributed by atoms with Gasteiger partial charge in [-0.2, -0.15) is 0 Å². The van der Waals surface area contributed by atoms with Crippen LogP contribution in [0.25, 0.3) is 0 Å². The van der Waals surface area contributed by atoms with E-state index in [-0.39, 0.29) is 30.7 Å². The number of Topliss-reactive ketones (excluding diaryl/α,β-unsaturated/α-hetero) is 1. The van der Waals surface area contributed by atoms with E-state index in [4.69, 9.17) is 4.74 Å². The molecule has 1 aliphatic rings. The molecule has 1 aromatic carbocycles. The van der Waals surface area contributed by atoms with Crippen LogP contribution >= 0.6 is 0 Å². The lowest BCUT2D eigenvalue weighted by molar-refractivity contribution is -0.140. The molecule has 0 bridgehead atoms. The number of esters is 1. The molecule has 0 heterocycles. The van der Waals surface area contributed by atoms with E-state index in [1.807, 2.05) is 18.2 Å². The zero-order chi connectivity index (χ0) is 22.0. The molecule has 4 atom stereocenters. The van der Waals surface area contributed by atoms with Crippen molar-refractivity contribution in [1.82, 2.24) is 0 Å². The Morgan fingerprint density at radius 2 is 1.90 bits per heavy atom. The van der Waals surface area contributed by atoms with Crippen molar-refractivity contribution in [2.24, 2.45) is 11.8 Å². The molecule has 0 aliphatic heterocycles. The molecule has 1 fully saturated rings. The van der Waals surface area contributed by atoms with Crippen LogP contribution < -0.4 is 4.74 Å². The van der Waals surface area contributed by atoms with Gasteiger partial charge in [0.2, 0.25) is 0 Å². The molecule has 0 saturated heterocycles. The van der Waals surface area contributed by atoms with Crippen LogP contribution in [0.2, 0.25) is 0 Å². The van der Waals surface area contributed by atoms with Crippen molar-refractivity contribution in [3.63, 3.8) is 0 Å². The quantitative estimate of drug-likeness (QED) is 0.346. The van der Waals surface area contributed by atoms with Crippen molar-refractivity contribution in [2.45, 2.75) is 63.6 Å². The van der Waals surface area contributed by atoms with E-state index < -0.39 is 17.6 Å². The van der Waals surface area contributed by atoms with Crippen molar-refractivity contribution in [3.05, 3.63) is 30.3 Å². The summed E-state index contributed by atoms with van der Waals surface area (Å²) in [6, 6.07) is 9.16. The second-order valence-corrected chi connectivity index (χ2v) is 8.04. The maximum atomic E-state index is 12.3. The van der Waals surface area contributed by atoms with Gasteiger partial charge in [-0.1, -0.05) is 49.3 Å². The number of hydrogen-bond donors (Lipinski definition) is 2. The number of aliphatic hydroxyl groups is 2. The van der Waals surface area contributed by atoms with Gasteiger partial charge in [0, 0.05) is 18.8 Å². The SMILES string of the molecule is COC(=O)CCCCCC[C@H]1C(=O)C[C@H](O)[C@@H]1C#CC(C)(O)COc1ccccc1. The van der Waals surface area contributed by atoms with Crippen LogP contribution in [0.4, 0.5) is 0 Å². The average molecular weight is 417 g/mol. The fraction of sp³-hybridized carbons (Fsp3) is 0.583. The first-order valence-corrected chi connectivity index (χ1v) is 10.5. The summed E-state index contributed by atoms with van der Waals surface area (Å²) < 4.78 is 10.2. The molecule has 164 valence electrons. The molecule has 1 aromatic rings. The maximum Gasteiger partial charge on any atom is 0.305 e. The lowest BCUT2D eigenvalue weighted by atomic mass is 9.89. The number of rotatable bonds is 10. The first kappa shape index (κ1) is 23.9. The van der Waals surface area contributed by atoms with Gasteiger partial charge < -0.3 is 19.7 Å². The van der Waals surface area contributed by atoms with Gasteiger partial charge in [-0.25, -0.2) is 0 Å². The number of hydrogen-bond acceptors (Lipinski definition) is 6. The van der Waals surface area contributed by atoms with Crippen LogP contribution in [0.1, 0.15) is 51.9 Å². The molecule has 6 heteroatoms. The molecule has 30 heavy (non-hydrogen) atoms. The minimum atomic E-state index is -1.39.